The number of nitrogens with zero attached hydrogens (tertiary/aromatic N) is 5. The summed E-state index contributed by atoms with van der Waals surface area (Å²) >= 11 is 0. The fourth-order valence-corrected chi connectivity index (χ4v) is 4.22. The van der Waals surface area contributed by atoms with Crippen LogP contribution in [0.4, 0.5) is 10.2 Å². The van der Waals surface area contributed by atoms with E-state index in [1.54, 1.807) is 42.3 Å². The molecule has 1 unspecified atom stereocenters. The van der Waals surface area contributed by atoms with E-state index in [4.69, 9.17) is 0 Å². The first kappa shape index (κ1) is 19.9. The fraction of sp³-hybridized carbons (Fsp3) is 0.217. The van der Waals surface area contributed by atoms with Gasteiger partial charge in [-0.05, 0) is 48.4 Å². The molecule has 32 heavy (non-hydrogen) atoms. The number of anilines is 1. The van der Waals surface area contributed by atoms with Crippen molar-refractivity contribution in [3.05, 3.63) is 94.4 Å². The zero-order valence-electron chi connectivity index (χ0n) is 17.4. The molecule has 0 saturated carbocycles. The maximum atomic E-state index is 14.0. The summed E-state index contributed by atoms with van der Waals surface area (Å²) in [4.78, 5) is 31.4. The predicted molar refractivity (Wildman–Crippen MR) is 119 cm³/mol. The van der Waals surface area contributed by atoms with E-state index in [9.17, 15) is 14.0 Å². The topological polar surface area (TPSA) is 84.5 Å². The number of hydrogen-bond acceptors (Lipinski definition) is 5. The molecule has 0 aliphatic carbocycles. The highest BCUT2D eigenvalue weighted by molar-refractivity contribution is 5.94. The first-order valence-corrected chi connectivity index (χ1v) is 10.3. The van der Waals surface area contributed by atoms with Gasteiger partial charge in [-0.2, -0.15) is 0 Å². The molecular weight excluding hydrogens is 411 g/mol. The Morgan fingerprint density at radius 3 is 2.91 bits per heavy atom. The quantitative estimate of drug-likeness (QED) is 0.534. The third kappa shape index (κ3) is 3.62. The zero-order valence-corrected chi connectivity index (χ0v) is 17.4. The van der Waals surface area contributed by atoms with Crippen molar-refractivity contribution in [3.8, 4) is 0 Å². The number of carbonyl (C=O) groups excluding carboxylic acids is 1. The normalized spacial score (nSPS) is 18.2. The first-order valence-electron chi connectivity index (χ1n) is 10.3. The number of halogens is 1. The SMILES string of the molecule is Cn1cccc(C(=O)NC2C[C@H](c3cccc(F)c3)N(c3ccc4nccn4n3)C2)c1=O.[HH]. The van der Waals surface area contributed by atoms with Crippen LogP contribution in [0.3, 0.4) is 0 Å². The van der Waals surface area contributed by atoms with Crippen LogP contribution in [0.5, 0.6) is 0 Å². The van der Waals surface area contributed by atoms with E-state index in [2.05, 4.69) is 15.4 Å². The van der Waals surface area contributed by atoms with E-state index in [1.807, 2.05) is 23.1 Å². The Hall–Kier alpha value is -4.01. The van der Waals surface area contributed by atoms with E-state index >= 15 is 0 Å². The van der Waals surface area contributed by atoms with Crippen LogP contribution < -0.4 is 15.8 Å². The molecule has 1 fully saturated rings. The summed E-state index contributed by atoms with van der Waals surface area (Å²) in [6.07, 6.45) is 5.58. The van der Waals surface area contributed by atoms with Gasteiger partial charge in [0.1, 0.15) is 17.2 Å². The second-order valence-corrected chi connectivity index (χ2v) is 7.89. The van der Waals surface area contributed by atoms with Crippen LogP contribution in [0, 0.1) is 5.82 Å². The summed E-state index contributed by atoms with van der Waals surface area (Å²) in [5, 5.41) is 7.61. The van der Waals surface area contributed by atoms with Gasteiger partial charge in [0.2, 0.25) is 0 Å². The number of pyridine rings is 1. The lowest BCUT2D eigenvalue weighted by atomic mass is 10.0. The predicted octanol–water partition coefficient (Wildman–Crippen LogP) is 2.56. The average molecular weight is 434 g/mol. The van der Waals surface area contributed by atoms with Crippen LogP contribution in [-0.2, 0) is 7.05 Å². The van der Waals surface area contributed by atoms with Crippen molar-refractivity contribution in [2.45, 2.75) is 18.5 Å². The van der Waals surface area contributed by atoms with Gasteiger partial charge in [-0.25, -0.2) is 13.9 Å². The molecule has 1 aliphatic heterocycles. The van der Waals surface area contributed by atoms with Crippen molar-refractivity contribution in [3.63, 3.8) is 0 Å². The molecule has 3 aromatic heterocycles. The van der Waals surface area contributed by atoms with Gasteiger partial charge < -0.3 is 14.8 Å². The lowest BCUT2D eigenvalue weighted by Gasteiger charge is -2.25. The van der Waals surface area contributed by atoms with Crippen molar-refractivity contribution < 1.29 is 10.6 Å². The smallest absolute Gasteiger partial charge is 0.263 e. The number of nitrogens with one attached hydrogen (secondary N) is 1. The molecule has 1 aromatic carbocycles. The van der Waals surface area contributed by atoms with Gasteiger partial charge >= 0.3 is 0 Å². The van der Waals surface area contributed by atoms with Gasteiger partial charge in [0.15, 0.2) is 5.65 Å². The van der Waals surface area contributed by atoms with Crippen molar-refractivity contribution in [1.82, 2.24) is 24.5 Å². The zero-order chi connectivity index (χ0) is 22.2. The van der Waals surface area contributed by atoms with Crippen molar-refractivity contribution in [2.24, 2.45) is 7.05 Å². The highest BCUT2D eigenvalue weighted by atomic mass is 19.1. The van der Waals surface area contributed by atoms with Gasteiger partial charge in [-0.15, -0.1) is 5.10 Å². The van der Waals surface area contributed by atoms with Crippen LogP contribution >= 0.6 is 0 Å². The summed E-state index contributed by atoms with van der Waals surface area (Å²) in [5.41, 5.74) is 1.26. The fourth-order valence-electron chi connectivity index (χ4n) is 4.22. The Bertz CT molecular complexity index is 1370. The number of benzene rings is 1. The molecule has 4 aromatic rings. The second kappa shape index (κ2) is 7.92. The molecule has 0 bridgehead atoms. The van der Waals surface area contributed by atoms with Crippen molar-refractivity contribution in [1.29, 1.82) is 0 Å². The summed E-state index contributed by atoms with van der Waals surface area (Å²) in [6, 6.07) is 12.9. The number of carbonyl (C=O) groups is 1. The highest BCUT2D eigenvalue weighted by Gasteiger charge is 2.35. The van der Waals surface area contributed by atoms with Crippen LogP contribution in [-0.4, -0.2) is 37.7 Å². The summed E-state index contributed by atoms with van der Waals surface area (Å²) in [6.45, 7) is 0.466. The van der Waals surface area contributed by atoms with E-state index in [0.29, 0.717) is 18.8 Å². The number of aryl methyl sites for hydroxylation is 1. The second-order valence-electron chi connectivity index (χ2n) is 7.89. The van der Waals surface area contributed by atoms with Gasteiger partial charge in [-0.3, -0.25) is 9.59 Å². The maximum Gasteiger partial charge on any atom is 0.263 e. The van der Waals surface area contributed by atoms with Gasteiger partial charge in [0.05, 0.1) is 6.04 Å². The minimum Gasteiger partial charge on any atom is -0.347 e. The monoisotopic (exact) mass is 434 g/mol. The Kier molecular flexibility index (Phi) is 4.93. The first-order chi connectivity index (χ1) is 15.5. The van der Waals surface area contributed by atoms with E-state index < -0.39 is 5.91 Å². The molecule has 8 nitrogen and oxygen atoms in total. The summed E-state index contributed by atoms with van der Waals surface area (Å²) < 4.78 is 17.0. The number of aromatic nitrogens is 4. The minimum absolute atomic E-state index is 0. The molecule has 1 aliphatic rings. The Balaban J connectivity index is 0.00000259. The lowest BCUT2D eigenvalue weighted by molar-refractivity contribution is 0.0938. The third-order valence-corrected chi connectivity index (χ3v) is 5.77. The van der Waals surface area contributed by atoms with E-state index in [1.165, 1.54) is 22.8 Å². The molecule has 5 rings (SSSR count). The summed E-state index contributed by atoms with van der Waals surface area (Å²) in [7, 11) is 1.61. The number of amides is 1. The van der Waals surface area contributed by atoms with Gasteiger partial charge in [0.25, 0.3) is 11.5 Å². The molecule has 9 heteroatoms. The number of imidazole rings is 1. The molecule has 1 saturated heterocycles. The Morgan fingerprint density at radius 2 is 2.06 bits per heavy atom. The lowest BCUT2D eigenvalue weighted by Crippen LogP contribution is -2.40. The Morgan fingerprint density at radius 1 is 1.19 bits per heavy atom. The van der Waals surface area contributed by atoms with Crippen LogP contribution in [0.25, 0.3) is 5.65 Å². The molecule has 2 atom stereocenters. The average Bonchev–Trinajstić information content (AvgIpc) is 3.42. The maximum absolute atomic E-state index is 14.0. The minimum atomic E-state index is -0.422. The number of fused-ring (bicyclic) bond motifs is 1. The molecule has 1 amide bonds. The van der Waals surface area contributed by atoms with E-state index in [-0.39, 0.29) is 30.5 Å². The van der Waals surface area contributed by atoms with Gasteiger partial charge in [-0.1, -0.05) is 12.1 Å². The van der Waals surface area contributed by atoms with Crippen molar-refractivity contribution in [2.75, 3.05) is 11.4 Å². The van der Waals surface area contributed by atoms with Crippen LogP contribution in [0.1, 0.15) is 29.8 Å². The molecular formula is C23H23FN6O2. The standard InChI is InChI=1S/C23H21FN6O2.H2/c1-28-10-3-6-18(23(28)32)22(31)26-17-13-19(15-4-2-5-16(24)12-15)29(14-17)21-8-7-20-25-9-11-30(20)27-21;/h2-12,17,19H,13-14H2,1H3,(H,26,31);1H/t17?,19-;/m1./s1. The molecule has 164 valence electrons. The van der Waals surface area contributed by atoms with Crippen molar-refractivity contribution >= 4 is 17.4 Å². The van der Waals surface area contributed by atoms with Gasteiger partial charge in [0, 0.05) is 39.7 Å². The molecule has 1 N–H and O–H groups in total. The molecule has 0 spiro atoms. The van der Waals surface area contributed by atoms with E-state index in [0.717, 1.165) is 11.2 Å². The van der Waals surface area contributed by atoms with Crippen LogP contribution in [0.2, 0.25) is 0 Å². The molecule has 4 heterocycles. The molecule has 0 radical (unpaired) electrons. The van der Waals surface area contributed by atoms with Crippen LogP contribution in [0.15, 0.2) is 71.9 Å². The largest absolute Gasteiger partial charge is 0.347 e. The highest BCUT2D eigenvalue weighted by Crippen LogP contribution is 2.35. The third-order valence-electron chi connectivity index (χ3n) is 5.77. The Labute approximate surface area is 184 Å². The number of hydrogen-bond donors (Lipinski definition) is 1. The number of rotatable bonds is 4. The summed E-state index contributed by atoms with van der Waals surface area (Å²) in [5.74, 6) is -0.0491.